The second kappa shape index (κ2) is 11.9. The van der Waals surface area contributed by atoms with E-state index in [0.717, 1.165) is 61.5 Å². The van der Waals surface area contributed by atoms with E-state index in [4.69, 9.17) is 4.42 Å². The normalized spacial score (nSPS) is 11.5. The van der Waals surface area contributed by atoms with Gasteiger partial charge < -0.3 is 13.9 Å². The third-order valence-corrected chi connectivity index (χ3v) is 9.84. The Morgan fingerprint density at radius 3 is 1.94 bits per heavy atom. The van der Waals surface area contributed by atoms with E-state index >= 15 is 0 Å². The molecule has 0 fully saturated rings. The predicted octanol–water partition coefficient (Wildman–Crippen LogP) is 12.9. The number of nitrogens with zero attached hydrogens (tertiary/aromatic N) is 3. The van der Waals surface area contributed by atoms with Gasteiger partial charge in [-0.25, -0.2) is 0 Å². The quantitative estimate of drug-likeness (QED) is 0.179. The Bertz CT molecular complexity index is 2810. The topological polar surface area (TPSA) is 34.2 Å². The van der Waals surface area contributed by atoms with Crippen LogP contribution in [0.1, 0.15) is 0 Å². The third-order valence-electron chi connectivity index (χ3n) is 9.84. The zero-order chi connectivity index (χ0) is 33.7. The number of anilines is 3. The predicted molar refractivity (Wildman–Crippen MR) is 211 cm³/mol. The lowest BCUT2D eigenvalue weighted by molar-refractivity contribution is 0.668. The lowest BCUT2D eigenvalue weighted by Crippen LogP contribution is -2.11. The van der Waals surface area contributed by atoms with Crippen LogP contribution in [-0.4, -0.2) is 9.55 Å². The van der Waals surface area contributed by atoms with Crippen molar-refractivity contribution in [3.8, 4) is 27.9 Å². The number of fused-ring (bicyclic) bond motifs is 6. The number of furan rings is 1. The van der Waals surface area contributed by atoms with Crippen molar-refractivity contribution in [3.63, 3.8) is 0 Å². The highest BCUT2D eigenvalue weighted by Crippen LogP contribution is 2.44. The molecule has 0 atom stereocenters. The van der Waals surface area contributed by atoms with Crippen molar-refractivity contribution in [2.75, 3.05) is 4.90 Å². The number of para-hydroxylation sites is 3. The highest BCUT2D eigenvalue weighted by atomic mass is 16.3. The van der Waals surface area contributed by atoms with Crippen molar-refractivity contribution in [2.24, 2.45) is 0 Å². The molecule has 0 N–H and O–H groups in total. The van der Waals surface area contributed by atoms with Crippen molar-refractivity contribution >= 4 is 60.9 Å². The fourth-order valence-electron chi connectivity index (χ4n) is 7.51. The largest absolute Gasteiger partial charge is 0.454 e. The minimum Gasteiger partial charge on any atom is -0.454 e. The summed E-state index contributed by atoms with van der Waals surface area (Å²) in [6.07, 6.45) is 1.82. The van der Waals surface area contributed by atoms with Crippen LogP contribution in [0.5, 0.6) is 0 Å². The van der Waals surface area contributed by atoms with Crippen molar-refractivity contribution in [1.82, 2.24) is 9.55 Å². The molecule has 0 aliphatic rings. The van der Waals surface area contributed by atoms with Crippen LogP contribution in [0.2, 0.25) is 0 Å². The number of aromatic nitrogens is 2. The molecule has 0 bridgehead atoms. The summed E-state index contributed by atoms with van der Waals surface area (Å²) in [6.45, 7) is 0. The second-order valence-electron chi connectivity index (χ2n) is 12.8. The molecule has 0 radical (unpaired) electrons. The number of hydrogen-bond donors (Lipinski definition) is 0. The van der Waals surface area contributed by atoms with Crippen LogP contribution in [0.3, 0.4) is 0 Å². The standard InChI is InChI=1S/C47H31N3O/c1-2-12-32(13-3-1)34-14-10-15-36(30-34)49(37-27-28-45-41(31-37)47-46(51-45)22-11-29-48-47)42-19-7-4-16-38(42)33-23-25-35(26-24-33)50-43-20-8-5-17-39(43)40-18-6-9-21-44(40)50/h1-31H. The SMILES string of the molecule is c1ccc(-c2cccc(N(c3ccc4oc5cccnc5c4c3)c3ccccc3-c3ccc(-n4c5ccccc5c5ccccc54)cc3)c2)cc1. The third kappa shape index (κ3) is 4.88. The first-order valence-electron chi connectivity index (χ1n) is 17.2. The molecular formula is C47H31N3O. The van der Waals surface area contributed by atoms with Gasteiger partial charge in [-0.3, -0.25) is 4.98 Å². The molecule has 240 valence electrons. The summed E-state index contributed by atoms with van der Waals surface area (Å²) >= 11 is 0. The fraction of sp³-hybridized carbons (Fsp3) is 0. The number of pyridine rings is 1. The summed E-state index contributed by atoms with van der Waals surface area (Å²) in [5, 5.41) is 3.50. The monoisotopic (exact) mass is 653 g/mol. The maximum Gasteiger partial charge on any atom is 0.153 e. The minimum absolute atomic E-state index is 0.783. The zero-order valence-electron chi connectivity index (χ0n) is 27.6. The molecule has 0 unspecified atom stereocenters. The lowest BCUT2D eigenvalue weighted by Gasteiger charge is -2.28. The maximum atomic E-state index is 6.18. The van der Waals surface area contributed by atoms with E-state index in [2.05, 4.69) is 184 Å². The molecule has 51 heavy (non-hydrogen) atoms. The summed E-state index contributed by atoms with van der Waals surface area (Å²) in [5.74, 6) is 0. The molecule has 4 nitrogen and oxygen atoms in total. The first-order chi connectivity index (χ1) is 25.3. The van der Waals surface area contributed by atoms with E-state index in [0.29, 0.717) is 0 Å². The Morgan fingerprint density at radius 2 is 1.14 bits per heavy atom. The van der Waals surface area contributed by atoms with Crippen LogP contribution < -0.4 is 4.90 Å². The van der Waals surface area contributed by atoms with Gasteiger partial charge in [-0.15, -0.1) is 0 Å². The van der Waals surface area contributed by atoms with E-state index in [-0.39, 0.29) is 0 Å². The zero-order valence-corrected chi connectivity index (χ0v) is 27.6. The first kappa shape index (κ1) is 29.0. The number of hydrogen-bond acceptors (Lipinski definition) is 3. The van der Waals surface area contributed by atoms with Crippen molar-refractivity contribution in [1.29, 1.82) is 0 Å². The highest BCUT2D eigenvalue weighted by Gasteiger charge is 2.20. The molecule has 3 heterocycles. The number of benzene rings is 7. The van der Waals surface area contributed by atoms with Gasteiger partial charge in [0.05, 0.1) is 16.7 Å². The Labute approximate surface area is 295 Å². The molecule has 0 aliphatic heterocycles. The summed E-state index contributed by atoms with van der Waals surface area (Å²) in [6, 6.07) is 64.5. The van der Waals surface area contributed by atoms with Gasteiger partial charge in [0.1, 0.15) is 11.1 Å². The first-order valence-corrected chi connectivity index (χ1v) is 17.2. The number of rotatable bonds is 6. The summed E-state index contributed by atoms with van der Waals surface area (Å²) < 4.78 is 8.54. The molecule has 0 amide bonds. The van der Waals surface area contributed by atoms with Gasteiger partial charge in [0, 0.05) is 45.0 Å². The summed E-state index contributed by atoms with van der Waals surface area (Å²) in [4.78, 5) is 7.04. The van der Waals surface area contributed by atoms with E-state index in [1.807, 2.05) is 18.3 Å². The molecule has 3 aromatic heterocycles. The highest BCUT2D eigenvalue weighted by molar-refractivity contribution is 6.09. The minimum atomic E-state index is 0.783. The molecule has 0 spiro atoms. The smallest absolute Gasteiger partial charge is 0.153 e. The van der Waals surface area contributed by atoms with Crippen molar-refractivity contribution in [3.05, 3.63) is 188 Å². The molecule has 0 aliphatic carbocycles. The van der Waals surface area contributed by atoms with E-state index in [1.54, 1.807) is 0 Å². The Balaban J connectivity index is 1.14. The maximum absolute atomic E-state index is 6.18. The molecule has 0 saturated heterocycles. The Kier molecular flexibility index (Phi) is 6.78. The van der Waals surface area contributed by atoms with Crippen molar-refractivity contribution in [2.45, 2.75) is 0 Å². The average Bonchev–Trinajstić information content (AvgIpc) is 3.74. The van der Waals surface area contributed by atoms with Crippen LogP contribution in [0, 0.1) is 0 Å². The molecule has 7 aromatic carbocycles. The van der Waals surface area contributed by atoms with Crippen LogP contribution in [0.25, 0.3) is 71.8 Å². The molecule has 4 heteroatoms. The molecule has 0 saturated carbocycles. The van der Waals surface area contributed by atoms with E-state index < -0.39 is 0 Å². The molecular weight excluding hydrogens is 623 g/mol. The van der Waals surface area contributed by atoms with Gasteiger partial charge >= 0.3 is 0 Å². The Hall–Kier alpha value is -6.91. The summed E-state index contributed by atoms with van der Waals surface area (Å²) in [5.41, 5.74) is 13.8. The average molecular weight is 654 g/mol. The van der Waals surface area contributed by atoms with E-state index in [1.165, 1.54) is 27.4 Å². The fourth-order valence-corrected chi connectivity index (χ4v) is 7.51. The van der Waals surface area contributed by atoms with Gasteiger partial charge in [0.25, 0.3) is 0 Å². The lowest BCUT2D eigenvalue weighted by atomic mass is 10.00. The van der Waals surface area contributed by atoms with Crippen LogP contribution in [0.15, 0.2) is 193 Å². The second-order valence-corrected chi connectivity index (χ2v) is 12.8. The van der Waals surface area contributed by atoms with Gasteiger partial charge in [-0.05, 0) is 89.5 Å². The van der Waals surface area contributed by atoms with Crippen LogP contribution in [0.4, 0.5) is 17.1 Å². The van der Waals surface area contributed by atoms with Gasteiger partial charge in [0.2, 0.25) is 0 Å². The molecule has 10 rings (SSSR count). The van der Waals surface area contributed by atoms with Gasteiger partial charge in [-0.1, -0.05) is 109 Å². The van der Waals surface area contributed by atoms with Crippen LogP contribution in [-0.2, 0) is 0 Å². The Morgan fingerprint density at radius 1 is 0.451 bits per heavy atom. The van der Waals surface area contributed by atoms with E-state index in [9.17, 15) is 0 Å². The molecule has 10 aromatic rings. The van der Waals surface area contributed by atoms with Crippen LogP contribution >= 0.6 is 0 Å². The van der Waals surface area contributed by atoms with Gasteiger partial charge in [0.15, 0.2) is 5.58 Å². The van der Waals surface area contributed by atoms with Gasteiger partial charge in [-0.2, -0.15) is 0 Å². The van der Waals surface area contributed by atoms with Crippen molar-refractivity contribution < 1.29 is 4.42 Å². The summed E-state index contributed by atoms with van der Waals surface area (Å²) in [7, 11) is 0.